The number of hydrogen-bond acceptors (Lipinski definition) is 3. The first-order chi connectivity index (χ1) is 17.4. The highest BCUT2D eigenvalue weighted by atomic mass is 35.5. The summed E-state index contributed by atoms with van der Waals surface area (Å²) < 4.78 is 15.6. The average molecular weight is 524 g/mol. The molecule has 186 valence electrons. The van der Waals surface area contributed by atoms with E-state index in [-0.39, 0.29) is 5.02 Å². The Morgan fingerprint density at radius 1 is 1.17 bits per heavy atom. The largest absolute Gasteiger partial charge is 0.406 e. The highest BCUT2D eigenvalue weighted by molar-refractivity contribution is 6.36. The first-order valence-electron chi connectivity index (χ1n) is 11.9. The van der Waals surface area contributed by atoms with Gasteiger partial charge in [0.25, 0.3) is 0 Å². The van der Waals surface area contributed by atoms with E-state index in [0.29, 0.717) is 16.5 Å². The topological polar surface area (TPSA) is 50.9 Å². The van der Waals surface area contributed by atoms with E-state index in [1.54, 1.807) is 24.0 Å². The smallest absolute Gasteiger partial charge is 0.150 e. The second kappa shape index (κ2) is 11.7. The van der Waals surface area contributed by atoms with Gasteiger partial charge in [-0.3, -0.25) is 4.98 Å². The first kappa shape index (κ1) is 25.9. The van der Waals surface area contributed by atoms with Gasteiger partial charge in [-0.2, -0.15) is 4.73 Å². The zero-order valence-corrected chi connectivity index (χ0v) is 21.7. The van der Waals surface area contributed by atoms with Crippen LogP contribution in [0.25, 0.3) is 16.6 Å². The lowest BCUT2D eigenvalue weighted by Gasteiger charge is -2.19. The molecule has 2 unspecified atom stereocenters. The Bertz CT molecular complexity index is 1380. The van der Waals surface area contributed by atoms with Crippen molar-refractivity contribution in [2.75, 3.05) is 0 Å². The molecule has 4 nitrogen and oxygen atoms in total. The molecule has 0 fully saturated rings. The molecule has 0 amide bonds. The molecule has 36 heavy (non-hydrogen) atoms. The first-order valence-corrected chi connectivity index (χ1v) is 12.7. The van der Waals surface area contributed by atoms with Crippen molar-refractivity contribution in [1.82, 2.24) is 9.71 Å². The van der Waals surface area contributed by atoms with Gasteiger partial charge in [-0.1, -0.05) is 73.0 Å². The molecule has 0 saturated carbocycles. The molecule has 7 heteroatoms. The molecule has 0 aliphatic rings. The number of benzene rings is 2. The molecule has 0 radical (unpaired) electrons. The zero-order chi connectivity index (χ0) is 25.7. The van der Waals surface area contributed by atoms with E-state index in [0.717, 1.165) is 41.4 Å². The summed E-state index contributed by atoms with van der Waals surface area (Å²) in [5.74, 6) is -0.0703. The molecular weight excluding hydrogens is 496 g/mol. The number of fused-ring (bicyclic) bond motifs is 1. The lowest BCUT2D eigenvalue weighted by Crippen LogP contribution is -2.16. The SMILES string of the molecule is CCC(CC=C(C=N)c1cnc2ccn(OC(C)c3c(Cl)ccc(F)c3Cl)c2c1)Cc1ccccc1. The van der Waals surface area contributed by atoms with Crippen LogP contribution in [0.1, 0.15) is 49.5 Å². The molecular formula is C29H28Cl2FN3O. The summed E-state index contributed by atoms with van der Waals surface area (Å²) in [5, 5.41) is 8.29. The summed E-state index contributed by atoms with van der Waals surface area (Å²) in [6, 6.07) is 16.9. The van der Waals surface area contributed by atoms with Gasteiger partial charge in [0.15, 0.2) is 6.10 Å². The Morgan fingerprint density at radius 3 is 2.67 bits per heavy atom. The normalized spacial score (nSPS) is 13.5. The van der Waals surface area contributed by atoms with E-state index in [4.69, 9.17) is 33.4 Å². The number of hydrogen-bond donors (Lipinski definition) is 1. The Balaban J connectivity index is 1.57. The van der Waals surface area contributed by atoms with E-state index in [1.807, 2.05) is 18.2 Å². The third-order valence-corrected chi connectivity index (χ3v) is 7.08. The molecule has 0 spiro atoms. The third-order valence-electron chi connectivity index (χ3n) is 6.36. The molecule has 0 aliphatic carbocycles. The van der Waals surface area contributed by atoms with Crippen LogP contribution < -0.4 is 4.84 Å². The summed E-state index contributed by atoms with van der Waals surface area (Å²) in [7, 11) is 0. The van der Waals surface area contributed by atoms with Gasteiger partial charge < -0.3 is 10.2 Å². The van der Waals surface area contributed by atoms with Crippen molar-refractivity contribution in [3.05, 3.63) is 106 Å². The molecule has 1 N–H and O–H groups in total. The van der Waals surface area contributed by atoms with Crippen molar-refractivity contribution >= 4 is 46.0 Å². The molecule has 0 aliphatic heterocycles. The predicted octanol–water partition coefficient (Wildman–Crippen LogP) is 8.36. The molecule has 4 rings (SSSR count). The van der Waals surface area contributed by atoms with Crippen LogP contribution in [0.15, 0.2) is 73.1 Å². The minimum absolute atomic E-state index is 0.0553. The fraction of sp³-hybridized carbons (Fsp3) is 0.241. The third kappa shape index (κ3) is 5.80. The van der Waals surface area contributed by atoms with Crippen LogP contribution in [0.3, 0.4) is 0 Å². The van der Waals surface area contributed by atoms with Gasteiger partial charge in [0.1, 0.15) is 11.3 Å². The fourth-order valence-corrected chi connectivity index (χ4v) is 4.95. The molecule has 0 saturated heterocycles. The van der Waals surface area contributed by atoms with Crippen molar-refractivity contribution in [1.29, 1.82) is 5.41 Å². The van der Waals surface area contributed by atoms with Crippen molar-refractivity contribution in [2.45, 2.75) is 39.2 Å². The van der Waals surface area contributed by atoms with Crippen molar-refractivity contribution in [2.24, 2.45) is 5.92 Å². The lowest BCUT2D eigenvalue weighted by atomic mass is 9.92. The minimum atomic E-state index is -0.610. The van der Waals surface area contributed by atoms with Crippen LogP contribution in [0, 0.1) is 17.1 Å². The standard InChI is InChI=1S/C29H28Cl2FN3O/c1-3-20(15-21-7-5-4-6-8-21)9-10-22(17-33)23-16-27-26(34-18-23)13-14-35(27)36-19(2)28-24(30)11-12-25(32)29(28)31/h4-8,10-14,16-20,33H,3,9,15H2,1-2H3. The van der Waals surface area contributed by atoms with E-state index in [1.165, 1.54) is 23.9 Å². The maximum atomic E-state index is 14.0. The van der Waals surface area contributed by atoms with Gasteiger partial charge in [0.05, 0.1) is 10.5 Å². The molecule has 2 aromatic heterocycles. The van der Waals surface area contributed by atoms with Crippen molar-refractivity contribution in [3.63, 3.8) is 0 Å². The Labute approximate surface area is 220 Å². The number of allylic oxidation sites excluding steroid dienone is 2. The summed E-state index contributed by atoms with van der Waals surface area (Å²) >= 11 is 12.4. The van der Waals surface area contributed by atoms with Gasteiger partial charge in [-0.05, 0) is 61.1 Å². The van der Waals surface area contributed by atoms with Crippen molar-refractivity contribution in [3.8, 4) is 0 Å². The lowest BCUT2D eigenvalue weighted by molar-refractivity contribution is 0.0562. The highest BCUT2D eigenvalue weighted by Crippen LogP contribution is 2.33. The molecule has 2 aromatic carbocycles. The van der Waals surface area contributed by atoms with Gasteiger partial charge in [0, 0.05) is 34.8 Å². The second-order valence-corrected chi connectivity index (χ2v) is 9.56. The van der Waals surface area contributed by atoms with Crippen LogP contribution in [-0.4, -0.2) is 15.9 Å². The summed E-state index contributed by atoms with van der Waals surface area (Å²) in [5.41, 5.74) is 4.79. The number of aromatic nitrogens is 2. The summed E-state index contributed by atoms with van der Waals surface area (Å²) in [6.45, 7) is 3.96. The summed E-state index contributed by atoms with van der Waals surface area (Å²) in [4.78, 5) is 10.6. The maximum absolute atomic E-state index is 14.0. The summed E-state index contributed by atoms with van der Waals surface area (Å²) in [6.07, 6.45) is 9.28. The van der Waals surface area contributed by atoms with Crippen LogP contribution in [0.5, 0.6) is 0 Å². The molecule has 0 bridgehead atoms. The van der Waals surface area contributed by atoms with Crippen LogP contribution in [0.4, 0.5) is 4.39 Å². The van der Waals surface area contributed by atoms with Crippen LogP contribution >= 0.6 is 23.2 Å². The predicted molar refractivity (Wildman–Crippen MR) is 146 cm³/mol. The van der Waals surface area contributed by atoms with E-state index in [9.17, 15) is 4.39 Å². The molecule has 4 aromatic rings. The van der Waals surface area contributed by atoms with Gasteiger partial charge in [0.2, 0.25) is 0 Å². The van der Waals surface area contributed by atoms with Gasteiger partial charge >= 0.3 is 0 Å². The number of nitrogens with zero attached hydrogens (tertiary/aromatic N) is 2. The van der Waals surface area contributed by atoms with E-state index >= 15 is 0 Å². The van der Waals surface area contributed by atoms with E-state index in [2.05, 4.69) is 42.2 Å². The fourth-order valence-electron chi connectivity index (χ4n) is 4.27. The molecule has 2 heterocycles. The Hall–Kier alpha value is -3.15. The zero-order valence-electron chi connectivity index (χ0n) is 20.2. The van der Waals surface area contributed by atoms with Gasteiger partial charge in [-0.15, -0.1) is 0 Å². The quantitative estimate of drug-likeness (QED) is 0.167. The van der Waals surface area contributed by atoms with Gasteiger partial charge in [-0.25, -0.2) is 4.39 Å². The number of rotatable bonds is 10. The number of nitrogens with one attached hydrogen (secondary N) is 1. The van der Waals surface area contributed by atoms with Crippen molar-refractivity contribution < 1.29 is 9.23 Å². The second-order valence-electron chi connectivity index (χ2n) is 8.78. The van der Waals surface area contributed by atoms with Crippen LogP contribution in [0.2, 0.25) is 10.0 Å². The monoisotopic (exact) mass is 523 g/mol. The van der Waals surface area contributed by atoms with E-state index < -0.39 is 11.9 Å². The number of pyridine rings is 1. The molecule has 2 atom stereocenters. The Morgan fingerprint density at radius 2 is 1.94 bits per heavy atom. The highest BCUT2D eigenvalue weighted by Gasteiger charge is 2.20. The average Bonchev–Trinajstić information content (AvgIpc) is 3.28. The Kier molecular flexibility index (Phi) is 8.44. The maximum Gasteiger partial charge on any atom is 0.150 e. The minimum Gasteiger partial charge on any atom is -0.406 e. The van der Waals surface area contributed by atoms with Crippen LogP contribution in [-0.2, 0) is 6.42 Å². The number of halogens is 3.